The van der Waals surface area contributed by atoms with Gasteiger partial charge in [-0.05, 0) is 23.8 Å². The lowest BCUT2D eigenvalue weighted by atomic mass is 10.2. The van der Waals surface area contributed by atoms with E-state index in [0.717, 1.165) is 17.9 Å². The van der Waals surface area contributed by atoms with Gasteiger partial charge in [0.05, 0.1) is 7.11 Å². The van der Waals surface area contributed by atoms with Gasteiger partial charge in [0.15, 0.2) is 0 Å². The summed E-state index contributed by atoms with van der Waals surface area (Å²) < 4.78 is 5.07. The maximum atomic E-state index is 11.5. The highest BCUT2D eigenvalue weighted by Gasteiger charge is 1.96. The monoisotopic (exact) mass is 262 g/mol. The topological polar surface area (TPSA) is 50.4 Å². The Balaban J connectivity index is 2.32. The molecular formula is C15H22N2O2. The number of rotatable bonds is 7. The molecule has 0 radical (unpaired) electrons. The smallest absolute Gasteiger partial charge is 0.244 e. The molecule has 4 heteroatoms. The van der Waals surface area contributed by atoms with Crippen LogP contribution in [0.1, 0.15) is 19.4 Å². The van der Waals surface area contributed by atoms with Crippen molar-refractivity contribution in [3.63, 3.8) is 0 Å². The van der Waals surface area contributed by atoms with Gasteiger partial charge in [-0.25, -0.2) is 0 Å². The van der Waals surface area contributed by atoms with E-state index in [9.17, 15) is 4.79 Å². The number of carbonyl (C=O) groups is 1. The van der Waals surface area contributed by atoms with Crippen molar-refractivity contribution >= 4 is 12.0 Å². The van der Waals surface area contributed by atoms with Crippen LogP contribution in [0.15, 0.2) is 30.3 Å². The Morgan fingerprint density at radius 2 is 1.95 bits per heavy atom. The van der Waals surface area contributed by atoms with E-state index in [2.05, 4.69) is 24.5 Å². The molecule has 0 saturated carbocycles. The zero-order chi connectivity index (χ0) is 14.1. The van der Waals surface area contributed by atoms with Crippen LogP contribution in [-0.2, 0) is 4.79 Å². The fourth-order valence-electron chi connectivity index (χ4n) is 1.49. The highest BCUT2D eigenvalue weighted by molar-refractivity contribution is 5.91. The van der Waals surface area contributed by atoms with Crippen LogP contribution in [0.25, 0.3) is 6.08 Å². The molecule has 1 aromatic carbocycles. The molecule has 1 amide bonds. The summed E-state index contributed by atoms with van der Waals surface area (Å²) >= 11 is 0. The van der Waals surface area contributed by atoms with E-state index in [0.29, 0.717) is 12.6 Å². The zero-order valence-electron chi connectivity index (χ0n) is 11.8. The molecule has 2 N–H and O–H groups in total. The fraction of sp³-hybridized carbons (Fsp3) is 0.400. The van der Waals surface area contributed by atoms with Crippen LogP contribution in [0.2, 0.25) is 0 Å². The van der Waals surface area contributed by atoms with Crippen molar-refractivity contribution in [1.29, 1.82) is 0 Å². The van der Waals surface area contributed by atoms with Crippen LogP contribution >= 0.6 is 0 Å². The van der Waals surface area contributed by atoms with Gasteiger partial charge in [0, 0.05) is 25.2 Å². The van der Waals surface area contributed by atoms with Gasteiger partial charge < -0.3 is 15.4 Å². The summed E-state index contributed by atoms with van der Waals surface area (Å²) in [7, 11) is 1.63. The van der Waals surface area contributed by atoms with E-state index >= 15 is 0 Å². The van der Waals surface area contributed by atoms with Crippen molar-refractivity contribution in [3.8, 4) is 5.75 Å². The summed E-state index contributed by atoms with van der Waals surface area (Å²) in [5.41, 5.74) is 0.969. The minimum atomic E-state index is -0.0821. The number of hydrogen-bond donors (Lipinski definition) is 2. The fourth-order valence-corrected chi connectivity index (χ4v) is 1.49. The van der Waals surface area contributed by atoms with E-state index in [4.69, 9.17) is 4.74 Å². The lowest BCUT2D eigenvalue weighted by Crippen LogP contribution is -2.33. The Kier molecular flexibility index (Phi) is 6.68. The van der Waals surface area contributed by atoms with Crippen molar-refractivity contribution in [1.82, 2.24) is 10.6 Å². The molecule has 0 saturated heterocycles. The standard InChI is InChI=1S/C15H22N2O2/c1-12(2)16-10-11-17-15(18)9-6-13-4-7-14(19-3)8-5-13/h4-9,12,16H,10-11H2,1-3H3,(H,17,18). The highest BCUT2D eigenvalue weighted by atomic mass is 16.5. The third-order valence-electron chi connectivity index (χ3n) is 2.52. The molecule has 0 aliphatic heterocycles. The molecule has 4 nitrogen and oxygen atoms in total. The van der Waals surface area contributed by atoms with E-state index < -0.39 is 0 Å². The minimum absolute atomic E-state index is 0.0821. The number of hydrogen-bond acceptors (Lipinski definition) is 3. The average molecular weight is 262 g/mol. The Morgan fingerprint density at radius 3 is 2.53 bits per heavy atom. The van der Waals surface area contributed by atoms with Crippen LogP contribution in [0.4, 0.5) is 0 Å². The third kappa shape index (κ3) is 6.62. The largest absolute Gasteiger partial charge is 0.497 e. The number of methoxy groups -OCH3 is 1. The number of nitrogens with one attached hydrogen (secondary N) is 2. The SMILES string of the molecule is COc1ccc(C=CC(=O)NCCNC(C)C)cc1. The van der Waals surface area contributed by atoms with Gasteiger partial charge in [-0.2, -0.15) is 0 Å². The van der Waals surface area contributed by atoms with Gasteiger partial charge in [-0.1, -0.05) is 26.0 Å². The average Bonchev–Trinajstić information content (AvgIpc) is 2.41. The van der Waals surface area contributed by atoms with Crippen LogP contribution in [0.3, 0.4) is 0 Å². The molecule has 0 unspecified atom stereocenters. The van der Waals surface area contributed by atoms with Crippen molar-refractivity contribution in [2.75, 3.05) is 20.2 Å². The van der Waals surface area contributed by atoms with Crippen LogP contribution in [-0.4, -0.2) is 32.1 Å². The first-order valence-corrected chi connectivity index (χ1v) is 6.45. The first kappa shape index (κ1) is 15.2. The first-order valence-electron chi connectivity index (χ1n) is 6.45. The van der Waals surface area contributed by atoms with Crippen LogP contribution < -0.4 is 15.4 Å². The molecule has 0 heterocycles. The number of carbonyl (C=O) groups excluding carboxylic acids is 1. The summed E-state index contributed by atoms with van der Waals surface area (Å²) in [6.45, 7) is 5.56. The maximum absolute atomic E-state index is 11.5. The second-order valence-electron chi connectivity index (χ2n) is 4.51. The van der Waals surface area contributed by atoms with E-state index in [1.54, 1.807) is 13.2 Å². The zero-order valence-corrected chi connectivity index (χ0v) is 11.8. The first-order chi connectivity index (χ1) is 9.11. The van der Waals surface area contributed by atoms with Gasteiger partial charge in [0.2, 0.25) is 5.91 Å². The van der Waals surface area contributed by atoms with Crippen LogP contribution in [0, 0.1) is 0 Å². The Hall–Kier alpha value is -1.81. The Labute approximate surface area is 114 Å². The number of benzene rings is 1. The van der Waals surface area contributed by atoms with Crippen LogP contribution in [0.5, 0.6) is 5.75 Å². The molecule has 1 aromatic rings. The van der Waals surface area contributed by atoms with Crippen molar-refractivity contribution in [2.24, 2.45) is 0 Å². The molecule has 0 aromatic heterocycles. The molecule has 0 fully saturated rings. The summed E-state index contributed by atoms with van der Waals surface area (Å²) in [5, 5.41) is 6.05. The summed E-state index contributed by atoms with van der Waals surface area (Å²) in [4.78, 5) is 11.5. The summed E-state index contributed by atoms with van der Waals surface area (Å²) in [5.74, 6) is 0.725. The highest BCUT2D eigenvalue weighted by Crippen LogP contribution is 2.11. The quantitative estimate of drug-likeness (QED) is 0.582. The van der Waals surface area contributed by atoms with Gasteiger partial charge in [0.25, 0.3) is 0 Å². The molecule has 19 heavy (non-hydrogen) atoms. The predicted molar refractivity (Wildman–Crippen MR) is 78.2 cm³/mol. The second kappa shape index (κ2) is 8.32. The van der Waals surface area contributed by atoms with Crippen molar-refractivity contribution < 1.29 is 9.53 Å². The van der Waals surface area contributed by atoms with E-state index in [-0.39, 0.29) is 5.91 Å². The Morgan fingerprint density at radius 1 is 1.26 bits per heavy atom. The minimum Gasteiger partial charge on any atom is -0.497 e. The lowest BCUT2D eigenvalue weighted by Gasteiger charge is -2.07. The van der Waals surface area contributed by atoms with Crippen molar-refractivity contribution in [2.45, 2.75) is 19.9 Å². The molecule has 0 bridgehead atoms. The second-order valence-corrected chi connectivity index (χ2v) is 4.51. The molecule has 0 aliphatic carbocycles. The van der Waals surface area contributed by atoms with E-state index in [1.807, 2.05) is 24.3 Å². The molecule has 104 valence electrons. The maximum Gasteiger partial charge on any atom is 0.244 e. The summed E-state index contributed by atoms with van der Waals surface area (Å²) in [6, 6.07) is 7.98. The molecular weight excluding hydrogens is 240 g/mol. The van der Waals surface area contributed by atoms with Crippen molar-refractivity contribution in [3.05, 3.63) is 35.9 Å². The third-order valence-corrected chi connectivity index (χ3v) is 2.52. The molecule has 0 spiro atoms. The van der Waals surface area contributed by atoms with Gasteiger partial charge in [0.1, 0.15) is 5.75 Å². The summed E-state index contributed by atoms with van der Waals surface area (Å²) in [6.07, 6.45) is 3.32. The van der Waals surface area contributed by atoms with Gasteiger partial charge in [-0.15, -0.1) is 0 Å². The van der Waals surface area contributed by atoms with Gasteiger partial charge in [-0.3, -0.25) is 4.79 Å². The number of amides is 1. The van der Waals surface area contributed by atoms with Gasteiger partial charge >= 0.3 is 0 Å². The molecule has 0 atom stereocenters. The Bertz CT molecular complexity index is 411. The van der Waals surface area contributed by atoms with E-state index in [1.165, 1.54) is 6.08 Å². The molecule has 0 aliphatic rings. The molecule has 1 rings (SSSR count). The number of ether oxygens (including phenoxy) is 1. The predicted octanol–water partition coefficient (Wildman–Crippen LogP) is 1.82. The lowest BCUT2D eigenvalue weighted by molar-refractivity contribution is -0.116. The normalized spacial score (nSPS) is 10.9.